The summed E-state index contributed by atoms with van der Waals surface area (Å²) in [7, 11) is 0. The molecule has 2 unspecified atom stereocenters. The molecule has 3 heteroatoms. The van der Waals surface area contributed by atoms with Crippen LogP contribution in [0.4, 0.5) is 0 Å². The fraction of sp³-hybridized carbons (Fsp3) is 1.00. The molecular weight excluding hydrogens is 246 g/mol. The maximum atomic E-state index is 3.67. The molecule has 0 aromatic carbocycles. The van der Waals surface area contributed by atoms with Gasteiger partial charge < -0.3 is 10.2 Å². The van der Waals surface area contributed by atoms with Gasteiger partial charge in [-0.25, -0.2) is 0 Å². The first-order valence-corrected chi connectivity index (χ1v) is 8.92. The first kappa shape index (κ1) is 16.3. The van der Waals surface area contributed by atoms with E-state index >= 15 is 0 Å². The first-order chi connectivity index (χ1) is 9.70. The van der Waals surface area contributed by atoms with Gasteiger partial charge in [0, 0.05) is 24.7 Å². The fourth-order valence-electron chi connectivity index (χ4n) is 3.96. The highest BCUT2D eigenvalue weighted by Crippen LogP contribution is 2.21. The molecule has 0 amide bonds. The maximum Gasteiger partial charge on any atom is 0.0195 e. The van der Waals surface area contributed by atoms with Gasteiger partial charge in [-0.05, 0) is 78.6 Å². The summed E-state index contributed by atoms with van der Waals surface area (Å²) < 4.78 is 0. The Balaban J connectivity index is 1.87. The number of hydrogen-bond donors (Lipinski definition) is 1. The highest BCUT2D eigenvalue weighted by Gasteiger charge is 2.27. The zero-order chi connectivity index (χ0) is 14.4. The van der Waals surface area contributed by atoms with Crippen LogP contribution >= 0.6 is 0 Å². The Morgan fingerprint density at radius 3 is 2.65 bits per heavy atom. The number of rotatable bonds is 6. The first-order valence-electron chi connectivity index (χ1n) is 8.92. The van der Waals surface area contributed by atoms with Crippen molar-refractivity contribution in [3.8, 4) is 0 Å². The number of nitrogens with zero attached hydrogens (tertiary/aromatic N) is 2. The fourth-order valence-corrected chi connectivity index (χ4v) is 3.96. The summed E-state index contributed by atoms with van der Waals surface area (Å²) in [5, 5.41) is 3.67. The topological polar surface area (TPSA) is 18.5 Å². The lowest BCUT2D eigenvalue weighted by atomic mass is 10.0. The molecule has 1 N–H and O–H groups in total. The summed E-state index contributed by atoms with van der Waals surface area (Å²) in [5.41, 5.74) is 0. The van der Waals surface area contributed by atoms with Gasteiger partial charge in [-0.3, -0.25) is 4.90 Å². The van der Waals surface area contributed by atoms with Crippen LogP contribution in [-0.4, -0.2) is 60.6 Å². The lowest BCUT2D eigenvalue weighted by Crippen LogP contribution is -2.47. The van der Waals surface area contributed by atoms with Crippen LogP contribution in [0.15, 0.2) is 0 Å². The maximum absolute atomic E-state index is 3.67. The third kappa shape index (κ3) is 4.71. The van der Waals surface area contributed by atoms with E-state index in [0.29, 0.717) is 6.04 Å². The zero-order valence-electron chi connectivity index (χ0n) is 13.9. The second-order valence-corrected chi connectivity index (χ2v) is 7.01. The Bertz CT molecular complexity index is 261. The van der Waals surface area contributed by atoms with E-state index < -0.39 is 0 Å². The molecule has 20 heavy (non-hydrogen) atoms. The van der Waals surface area contributed by atoms with E-state index in [9.17, 15) is 0 Å². The zero-order valence-corrected chi connectivity index (χ0v) is 13.9. The Morgan fingerprint density at radius 2 is 2.00 bits per heavy atom. The van der Waals surface area contributed by atoms with Crippen LogP contribution in [0.2, 0.25) is 0 Å². The van der Waals surface area contributed by atoms with E-state index in [2.05, 4.69) is 35.9 Å². The number of likely N-dealkylation sites (tertiary alicyclic amines) is 1. The molecule has 2 saturated heterocycles. The van der Waals surface area contributed by atoms with Gasteiger partial charge in [-0.15, -0.1) is 0 Å². The van der Waals surface area contributed by atoms with Crippen LogP contribution in [0.1, 0.15) is 59.3 Å². The third-order valence-electron chi connectivity index (χ3n) is 5.06. The summed E-state index contributed by atoms with van der Waals surface area (Å²) >= 11 is 0. The molecule has 0 aliphatic carbocycles. The van der Waals surface area contributed by atoms with Crippen LogP contribution in [0.25, 0.3) is 0 Å². The lowest BCUT2D eigenvalue weighted by molar-refractivity contribution is 0.126. The van der Waals surface area contributed by atoms with Gasteiger partial charge in [0.15, 0.2) is 0 Å². The minimum Gasteiger partial charge on any atom is -0.313 e. The van der Waals surface area contributed by atoms with E-state index in [1.165, 1.54) is 71.2 Å². The third-order valence-corrected chi connectivity index (χ3v) is 5.06. The van der Waals surface area contributed by atoms with Crippen molar-refractivity contribution in [1.82, 2.24) is 15.1 Å². The van der Waals surface area contributed by atoms with E-state index in [1.807, 2.05) is 0 Å². The van der Waals surface area contributed by atoms with Crippen LogP contribution in [-0.2, 0) is 0 Å². The SMILES string of the molecule is CCCN1CCCC(N(CC2CCCN2)C(C)C)CC1. The van der Waals surface area contributed by atoms with Gasteiger partial charge in [0.2, 0.25) is 0 Å². The average Bonchev–Trinajstić information content (AvgIpc) is 2.83. The molecule has 2 atom stereocenters. The van der Waals surface area contributed by atoms with E-state index in [-0.39, 0.29) is 0 Å². The van der Waals surface area contributed by atoms with Crippen LogP contribution in [0.3, 0.4) is 0 Å². The second kappa shape index (κ2) is 8.35. The van der Waals surface area contributed by atoms with Crippen molar-refractivity contribution in [2.45, 2.75) is 77.4 Å². The summed E-state index contributed by atoms with van der Waals surface area (Å²) in [6, 6.07) is 2.23. The van der Waals surface area contributed by atoms with Gasteiger partial charge >= 0.3 is 0 Å². The average molecular weight is 281 g/mol. The standard InChI is InChI=1S/C17H35N3/c1-4-11-19-12-6-8-17(9-13-19)20(15(2)3)14-16-7-5-10-18-16/h15-18H,4-14H2,1-3H3. The van der Waals surface area contributed by atoms with Gasteiger partial charge in [-0.2, -0.15) is 0 Å². The molecular formula is C17H35N3. The van der Waals surface area contributed by atoms with Crippen LogP contribution in [0, 0.1) is 0 Å². The number of nitrogens with one attached hydrogen (secondary N) is 1. The monoisotopic (exact) mass is 281 g/mol. The molecule has 2 fully saturated rings. The normalized spacial score (nSPS) is 29.2. The molecule has 0 bridgehead atoms. The quantitative estimate of drug-likeness (QED) is 0.807. The van der Waals surface area contributed by atoms with Gasteiger partial charge in [0.05, 0.1) is 0 Å². The van der Waals surface area contributed by atoms with Crippen LogP contribution in [0.5, 0.6) is 0 Å². The van der Waals surface area contributed by atoms with Gasteiger partial charge in [0.1, 0.15) is 0 Å². The minimum absolute atomic E-state index is 0.681. The van der Waals surface area contributed by atoms with Crippen molar-refractivity contribution in [2.24, 2.45) is 0 Å². The molecule has 0 radical (unpaired) electrons. The molecule has 2 aliphatic rings. The Kier molecular flexibility index (Phi) is 6.79. The summed E-state index contributed by atoms with van der Waals surface area (Å²) in [6.07, 6.45) is 8.18. The predicted molar refractivity (Wildman–Crippen MR) is 87.2 cm³/mol. The van der Waals surface area contributed by atoms with Crippen molar-refractivity contribution >= 4 is 0 Å². The van der Waals surface area contributed by atoms with Crippen molar-refractivity contribution in [2.75, 3.05) is 32.7 Å². The molecule has 2 aliphatic heterocycles. The summed E-state index contributed by atoms with van der Waals surface area (Å²) in [5.74, 6) is 0. The molecule has 118 valence electrons. The van der Waals surface area contributed by atoms with E-state index in [4.69, 9.17) is 0 Å². The highest BCUT2D eigenvalue weighted by atomic mass is 15.2. The van der Waals surface area contributed by atoms with Gasteiger partial charge in [-0.1, -0.05) is 6.92 Å². The summed E-state index contributed by atoms with van der Waals surface area (Å²) in [4.78, 5) is 5.46. The Labute approximate surface area is 126 Å². The molecule has 0 saturated carbocycles. The minimum atomic E-state index is 0.681. The smallest absolute Gasteiger partial charge is 0.0195 e. The van der Waals surface area contributed by atoms with E-state index in [0.717, 1.165) is 12.1 Å². The number of hydrogen-bond acceptors (Lipinski definition) is 3. The predicted octanol–water partition coefficient (Wildman–Crippen LogP) is 2.71. The molecule has 0 spiro atoms. The van der Waals surface area contributed by atoms with Crippen molar-refractivity contribution in [3.63, 3.8) is 0 Å². The lowest BCUT2D eigenvalue weighted by Gasteiger charge is -2.36. The van der Waals surface area contributed by atoms with Crippen LogP contribution < -0.4 is 5.32 Å². The van der Waals surface area contributed by atoms with Crippen molar-refractivity contribution < 1.29 is 0 Å². The molecule has 2 heterocycles. The van der Waals surface area contributed by atoms with Gasteiger partial charge in [0.25, 0.3) is 0 Å². The molecule has 0 aromatic heterocycles. The Hall–Kier alpha value is -0.120. The Morgan fingerprint density at radius 1 is 1.15 bits per heavy atom. The van der Waals surface area contributed by atoms with Crippen molar-refractivity contribution in [3.05, 3.63) is 0 Å². The molecule has 3 nitrogen and oxygen atoms in total. The van der Waals surface area contributed by atoms with Crippen molar-refractivity contribution in [1.29, 1.82) is 0 Å². The molecule has 2 rings (SSSR count). The molecule has 0 aromatic rings. The largest absolute Gasteiger partial charge is 0.313 e. The summed E-state index contributed by atoms with van der Waals surface area (Å²) in [6.45, 7) is 13.5. The second-order valence-electron chi connectivity index (χ2n) is 7.01. The highest BCUT2D eigenvalue weighted by molar-refractivity contribution is 4.85. The van der Waals surface area contributed by atoms with E-state index in [1.54, 1.807) is 0 Å².